The average Bonchev–Trinajstić information content (AvgIpc) is 3.26. The van der Waals surface area contributed by atoms with Crippen molar-refractivity contribution >= 4 is 11.8 Å². The summed E-state index contributed by atoms with van der Waals surface area (Å²) in [4.78, 5) is 29.2. The van der Waals surface area contributed by atoms with Crippen LogP contribution in [0.15, 0.2) is 22.8 Å². The second-order valence-corrected chi connectivity index (χ2v) is 7.45. The van der Waals surface area contributed by atoms with Crippen molar-refractivity contribution in [2.24, 2.45) is 11.8 Å². The first kappa shape index (κ1) is 15.7. The summed E-state index contributed by atoms with van der Waals surface area (Å²) >= 11 is 0. The molecule has 0 aromatic carbocycles. The summed E-state index contributed by atoms with van der Waals surface area (Å²) in [5.41, 5.74) is 0. The molecule has 0 bridgehead atoms. The topological polar surface area (TPSA) is 53.8 Å². The number of furan rings is 1. The second-order valence-electron chi connectivity index (χ2n) is 7.45. The number of carbonyl (C=O) groups is 2. The third-order valence-corrected chi connectivity index (χ3v) is 5.84. The van der Waals surface area contributed by atoms with E-state index in [0.29, 0.717) is 5.91 Å². The van der Waals surface area contributed by atoms with Crippen molar-refractivity contribution in [3.05, 3.63) is 24.2 Å². The van der Waals surface area contributed by atoms with Gasteiger partial charge in [-0.15, -0.1) is 0 Å². The van der Waals surface area contributed by atoms with E-state index < -0.39 is 0 Å². The number of piperidine rings is 2. The lowest BCUT2D eigenvalue weighted by Gasteiger charge is -2.35. The number of hydrogen-bond acceptors (Lipinski definition) is 3. The number of hydrogen-bond donors (Lipinski definition) is 0. The quantitative estimate of drug-likeness (QED) is 0.856. The number of amides is 2. The monoisotopic (exact) mass is 330 g/mol. The molecule has 0 radical (unpaired) electrons. The number of likely N-dealkylation sites (tertiary alicyclic amines) is 2. The van der Waals surface area contributed by atoms with Crippen molar-refractivity contribution in [2.45, 2.75) is 44.4 Å². The van der Waals surface area contributed by atoms with Gasteiger partial charge in [0.25, 0.3) is 0 Å². The lowest BCUT2D eigenvalue weighted by molar-refractivity contribution is -0.141. The molecular weight excluding hydrogens is 304 g/mol. The molecule has 130 valence electrons. The molecule has 2 atom stereocenters. The lowest BCUT2D eigenvalue weighted by Crippen LogP contribution is -2.46. The fourth-order valence-electron chi connectivity index (χ4n) is 4.24. The molecule has 3 fully saturated rings. The van der Waals surface area contributed by atoms with E-state index in [2.05, 4.69) is 0 Å². The van der Waals surface area contributed by atoms with Crippen LogP contribution >= 0.6 is 0 Å². The molecule has 5 nitrogen and oxygen atoms in total. The molecule has 0 spiro atoms. The van der Waals surface area contributed by atoms with Gasteiger partial charge in [0, 0.05) is 43.9 Å². The Hall–Kier alpha value is -1.78. The Balaban J connectivity index is 1.27. The molecule has 24 heavy (non-hydrogen) atoms. The fourth-order valence-corrected chi connectivity index (χ4v) is 4.24. The summed E-state index contributed by atoms with van der Waals surface area (Å²) in [6.07, 6.45) is 7.73. The van der Waals surface area contributed by atoms with Crippen LogP contribution in [0.25, 0.3) is 0 Å². The summed E-state index contributed by atoms with van der Waals surface area (Å²) in [5.74, 6) is 1.98. The molecule has 1 aliphatic carbocycles. The zero-order valence-electron chi connectivity index (χ0n) is 14.2. The molecule has 2 aliphatic heterocycles. The van der Waals surface area contributed by atoms with Gasteiger partial charge in [-0.05, 0) is 50.7 Å². The Labute approximate surface area is 143 Å². The van der Waals surface area contributed by atoms with Gasteiger partial charge in [0.15, 0.2) is 0 Å². The number of nitrogens with zero attached hydrogens (tertiary/aromatic N) is 2. The van der Waals surface area contributed by atoms with Crippen molar-refractivity contribution in [3.8, 4) is 0 Å². The van der Waals surface area contributed by atoms with Gasteiger partial charge < -0.3 is 14.2 Å². The number of carbonyl (C=O) groups excluding carboxylic acids is 2. The van der Waals surface area contributed by atoms with Gasteiger partial charge in [0.1, 0.15) is 5.76 Å². The van der Waals surface area contributed by atoms with E-state index in [-0.39, 0.29) is 23.7 Å². The number of rotatable bonds is 3. The van der Waals surface area contributed by atoms with E-state index in [1.54, 1.807) is 6.26 Å². The zero-order valence-corrected chi connectivity index (χ0v) is 14.2. The summed E-state index contributed by atoms with van der Waals surface area (Å²) in [6.45, 7) is 3.30. The van der Waals surface area contributed by atoms with Crippen LogP contribution in [0.2, 0.25) is 0 Å². The van der Waals surface area contributed by atoms with Crippen LogP contribution in [0.5, 0.6) is 0 Å². The van der Waals surface area contributed by atoms with Crippen molar-refractivity contribution in [2.75, 3.05) is 26.2 Å². The van der Waals surface area contributed by atoms with Crippen molar-refractivity contribution in [3.63, 3.8) is 0 Å². The maximum atomic E-state index is 12.6. The van der Waals surface area contributed by atoms with E-state index in [0.717, 1.165) is 64.0 Å². The predicted molar refractivity (Wildman–Crippen MR) is 89.3 cm³/mol. The highest BCUT2D eigenvalue weighted by atomic mass is 16.3. The Kier molecular flexibility index (Phi) is 4.33. The van der Waals surface area contributed by atoms with Crippen LogP contribution in [0.4, 0.5) is 0 Å². The van der Waals surface area contributed by atoms with Gasteiger partial charge in [-0.3, -0.25) is 9.59 Å². The largest absolute Gasteiger partial charge is 0.469 e. The normalized spacial score (nSPS) is 28.0. The molecular formula is C19H26N2O3. The maximum Gasteiger partial charge on any atom is 0.226 e. The van der Waals surface area contributed by atoms with Crippen LogP contribution in [0.1, 0.15) is 50.2 Å². The van der Waals surface area contributed by atoms with Crippen LogP contribution < -0.4 is 0 Å². The van der Waals surface area contributed by atoms with Crippen LogP contribution in [-0.2, 0) is 9.59 Å². The second kappa shape index (κ2) is 6.61. The Morgan fingerprint density at radius 3 is 2.33 bits per heavy atom. The predicted octanol–water partition coefficient (Wildman–Crippen LogP) is 2.63. The fraction of sp³-hybridized carbons (Fsp3) is 0.684. The standard InChI is InChI=1S/C19H26N2O3/c22-18(20-8-2-1-3-9-20)14-6-10-21(11-7-14)19(23)16-13-15(16)17-5-4-12-24-17/h4-5,12,14-16H,1-3,6-11,13H2/t15-,16+/m1/s1. The summed E-state index contributed by atoms with van der Waals surface area (Å²) in [5, 5.41) is 0. The first-order valence-electron chi connectivity index (χ1n) is 9.35. The van der Waals surface area contributed by atoms with Gasteiger partial charge in [-0.25, -0.2) is 0 Å². The third kappa shape index (κ3) is 3.08. The van der Waals surface area contributed by atoms with Crippen LogP contribution in [-0.4, -0.2) is 47.8 Å². The van der Waals surface area contributed by atoms with E-state index in [1.165, 1.54) is 6.42 Å². The van der Waals surface area contributed by atoms with E-state index >= 15 is 0 Å². The molecule has 3 heterocycles. The van der Waals surface area contributed by atoms with Gasteiger partial charge >= 0.3 is 0 Å². The Morgan fingerprint density at radius 1 is 0.958 bits per heavy atom. The molecule has 5 heteroatoms. The zero-order chi connectivity index (χ0) is 16.5. The average molecular weight is 330 g/mol. The Morgan fingerprint density at radius 2 is 1.67 bits per heavy atom. The van der Waals surface area contributed by atoms with Crippen molar-refractivity contribution in [1.82, 2.24) is 9.80 Å². The molecule has 1 aromatic heterocycles. The van der Waals surface area contributed by atoms with E-state index in [1.807, 2.05) is 21.9 Å². The highest BCUT2D eigenvalue weighted by Crippen LogP contribution is 2.48. The summed E-state index contributed by atoms with van der Waals surface area (Å²) in [7, 11) is 0. The third-order valence-electron chi connectivity index (χ3n) is 5.84. The van der Waals surface area contributed by atoms with Gasteiger partial charge in [0.05, 0.1) is 6.26 Å². The van der Waals surface area contributed by atoms with E-state index in [4.69, 9.17) is 4.42 Å². The Bertz CT molecular complexity index is 584. The first-order chi connectivity index (χ1) is 11.7. The minimum atomic E-state index is 0.0884. The van der Waals surface area contributed by atoms with Gasteiger partial charge in [-0.1, -0.05) is 0 Å². The minimum absolute atomic E-state index is 0.0884. The highest BCUT2D eigenvalue weighted by molar-refractivity contribution is 5.83. The molecule has 1 aromatic rings. The SMILES string of the molecule is O=C(C1CCN(C(=O)[C@H]2C[C@H]2c2ccco2)CC1)N1CCCCC1. The molecule has 0 N–H and O–H groups in total. The highest BCUT2D eigenvalue weighted by Gasteiger charge is 2.48. The van der Waals surface area contributed by atoms with E-state index in [9.17, 15) is 9.59 Å². The molecule has 2 amide bonds. The molecule has 0 unspecified atom stereocenters. The maximum absolute atomic E-state index is 12.6. The molecule has 1 saturated carbocycles. The van der Waals surface area contributed by atoms with Crippen LogP contribution in [0, 0.1) is 11.8 Å². The van der Waals surface area contributed by atoms with Crippen molar-refractivity contribution in [1.29, 1.82) is 0 Å². The van der Waals surface area contributed by atoms with Crippen LogP contribution in [0.3, 0.4) is 0 Å². The first-order valence-corrected chi connectivity index (χ1v) is 9.35. The summed E-state index contributed by atoms with van der Waals surface area (Å²) in [6, 6.07) is 3.84. The lowest BCUT2D eigenvalue weighted by atomic mass is 9.94. The summed E-state index contributed by atoms with van der Waals surface area (Å²) < 4.78 is 5.42. The van der Waals surface area contributed by atoms with Gasteiger partial charge in [-0.2, -0.15) is 0 Å². The molecule has 3 aliphatic rings. The molecule has 4 rings (SSSR count). The minimum Gasteiger partial charge on any atom is -0.469 e. The van der Waals surface area contributed by atoms with Gasteiger partial charge in [0.2, 0.25) is 11.8 Å². The molecule has 2 saturated heterocycles. The smallest absolute Gasteiger partial charge is 0.226 e. The van der Waals surface area contributed by atoms with Crippen molar-refractivity contribution < 1.29 is 14.0 Å².